The molecule has 1 unspecified atom stereocenters. The van der Waals surface area contributed by atoms with Crippen LogP contribution >= 0.6 is 0 Å². The van der Waals surface area contributed by atoms with Crippen LogP contribution in [0.25, 0.3) is 0 Å². The highest BCUT2D eigenvalue weighted by Gasteiger charge is 2.34. The van der Waals surface area contributed by atoms with Crippen molar-refractivity contribution in [2.24, 2.45) is 0 Å². The Kier molecular flexibility index (Phi) is 4.21. The average molecular weight is 298 g/mol. The van der Waals surface area contributed by atoms with E-state index in [0.717, 1.165) is 17.7 Å². The van der Waals surface area contributed by atoms with Gasteiger partial charge in [0.15, 0.2) is 0 Å². The van der Waals surface area contributed by atoms with Crippen molar-refractivity contribution in [1.29, 1.82) is 0 Å². The fourth-order valence-corrected chi connectivity index (χ4v) is 1.90. The molecule has 0 aliphatic heterocycles. The minimum absolute atomic E-state index is 0.268. The van der Waals surface area contributed by atoms with Gasteiger partial charge in [-0.2, -0.15) is 13.2 Å². The van der Waals surface area contributed by atoms with Gasteiger partial charge < -0.3 is 4.74 Å². The van der Waals surface area contributed by atoms with Crippen LogP contribution in [0.2, 0.25) is 0 Å². The molecule has 0 saturated heterocycles. The van der Waals surface area contributed by atoms with Crippen LogP contribution in [0.15, 0.2) is 42.5 Å². The standard InChI is InChI=1S/C16H14F4O/c1-10-3-6-13(7-4-10)21-11(2)12-5-8-15(17)14(9-12)16(18,19)20/h3-9,11H,1-2H3. The van der Waals surface area contributed by atoms with Crippen molar-refractivity contribution in [3.05, 3.63) is 65.0 Å². The highest BCUT2D eigenvalue weighted by Crippen LogP contribution is 2.33. The topological polar surface area (TPSA) is 9.23 Å². The SMILES string of the molecule is Cc1ccc(OC(C)c2ccc(F)c(C(F)(F)F)c2)cc1. The maximum absolute atomic E-state index is 13.2. The summed E-state index contributed by atoms with van der Waals surface area (Å²) < 4.78 is 56.9. The molecule has 1 nitrogen and oxygen atoms in total. The lowest BCUT2D eigenvalue weighted by atomic mass is 10.1. The van der Waals surface area contributed by atoms with Crippen molar-refractivity contribution in [1.82, 2.24) is 0 Å². The predicted octanol–water partition coefficient (Wildman–Crippen LogP) is 5.29. The van der Waals surface area contributed by atoms with Gasteiger partial charge in [0, 0.05) is 0 Å². The number of hydrogen-bond donors (Lipinski definition) is 0. The molecule has 0 aromatic heterocycles. The molecule has 0 spiro atoms. The molecule has 0 N–H and O–H groups in total. The van der Waals surface area contributed by atoms with Crippen molar-refractivity contribution in [3.63, 3.8) is 0 Å². The van der Waals surface area contributed by atoms with Gasteiger partial charge in [-0.3, -0.25) is 0 Å². The van der Waals surface area contributed by atoms with Crippen LogP contribution in [0.1, 0.15) is 29.7 Å². The van der Waals surface area contributed by atoms with Crippen LogP contribution in [-0.2, 0) is 6.18 Å². The Balaban J connectivity index is 2.23. The van der Waals surface area contributed by atoms with E-state index in [1.54, 1.807) is 19.1 Å². The van der Waals surface area contributed by atoms with Gasteiger partial charge in [0.25, 0.3) is 0 Å². The van der Waals surface area contributed by atoms with E-state index in [1.165, 1.54) is 6.07 Å². The molecule has 0 aliphatic carbocycles. The van der Waals surface area contributed by atoms with Crippen LogP contribution in [0, 0.1) is 12.7 Å². The number of rotatable bonds is 3. The normalized spacial score (nSPS) is 13.0. The van der Waals surface area contributed by atoms with Crippen molar-refractivity contribution < 1.29 is 22.3 Å². The van der Waals surface area contributed by atoms with Crippen LogP contribution in [0.3, 0.4) is 0 Å². The maximum atomic E-state index is 13.2. The monoisotopic (exact) mass is 298 g/mol. The molecule has 0 amide bonds. The molecule has 112 valence electrons. The summed E-state index contributed by atoms with van der Waals surface area (Å²) in [6.07, 6.45) is -5.33. The summed E-state index contributed by atoms with van der Waals surface area (Å²) in [5.41, 5.74) is 0.0415. The first-order chi connectivity index (χ1) is 9.77. The minimum atomic E-state index is -4.72. The van der Waals surface area contributed by atoms with Crippen LogP contribution in [0.4, 0.5) is 17.6 Å². The van der Waals surface area contributed by atoms with Gasteiger partial charge in [0.05, 0.1) is 5.56 Å². The molecule has 0 radical (unpaired) electrons. The number of alkyl halides is 3. The number of halogens is 4. The van der Waals surface area contributed by atoms with E-state index in [1.807, 2.05) is 19.1 Å². The van der Waals surface area contributed by atoms with Gasteiger partial charge in [0.1, 0.15) is 17.7 Å². The molecule has 5 heteroatoms. The van der Waals surface area contributed by atoms with Gasteiger partial charge in [-0.1, -0.05) is 23.8 Å². The van der Waals surface area contributed by atoms with E-state index in [0.29, 0.717) is 5.75 Å². The largest absolute Gasteiger partial charge is 0.486 e. The number of hydrogen-bond acceptors (Lipinski definition) is 1. The Morgan fingerprint density at radius 2 is 1.62 bits per heavy atom. The van der Waals surface area contributed by atoms with Crippen molar-refractivity contribution >= 4 is 0 Å². The minimum Gasteiger partial charge on any atom is -0.486 e. The molecular formula is C16H14F4O. The summed E-state index contributed by atoms with van der Waals surface area (Å²) in [6.45, 7) is 3.54. The summed E-state index contributed by atoms with van der Waals surface area (Å²) in [7, 11) is 0. The summed E-state index contributed by atoms with van der Waals surface area (Å²) in [5.74, 6) is -0.736. The number of benzene rings is 2. The Labute approximate surface area is 120 Å². The molecule has 0 fully saturated rings. The first-order valence-corrected chi connectivity index (χ1v) is 6.37. The molecule has 0 bridgehead atoms. The summed E-state index contributed by atoms with van der Waals surface area (Å²) in [6, 6.07) is 10.0. The van der Waals surface area contributed by atoms with E-state index < -0.39 is 23.7 Å². The van der Waals surface area contributed by atoms with Crippen LogP contribution in [-0.4, -0.2) is 0 Å². The Morgan fingerprint density at radius 3 is 2.19 bits per heavy atom. The second kappa shape index (κ2) is 5.76. The lowest BCUT2D eigenvalue weighted by molar-refractivity contribution is -0.140. The molecular weight excluding hydrogens is 284 g/mol. The quantitative estimate of drug-likeness (QED) is 0.699. The maximum Gasteiger partial charge on any atom is 0.419 e. The average Bonchev–Trinajstić information content (AvgIpc) is 2.40. The van der Waals surface area contributed by atoms with E-state index in [-0.39, 0.29) is 5.56 Å². The highest BCUT2D eigenvalue weighted by molar-refractivity contribution is 5.31. The van der Waals surface area contributed by atoms with Gasteiger partial charge in [-0.15, -0.1) is 0 Å². The van der Waals surface area contributed by atoms with Crippen molar-refractivity contribution in [2.45, 2.75) is 26.1 Å². The van der Waals surface area contributed by atoms with Gasteiger partial charge >= 0.3 is 6.18 Å². The number of ether oxygens (including phenoxy) is 1. The van der Waals surface area contributed by atoms with E-state index >= 15 is 0 Å². The third-order valence-electron chi connectivity index (χ3n) is 3.10. The second-order valence-corrected chi connectivity index (χ2v) is 4.81. The lowest BCUT2D eigenvalue weighted by Crippen LogP contribution is -2.11. The summed E-state index contributed by atoms with van der Waals surface area (Å²) in [5, 5.41) is 0. The lowest BCUT2D eigenvalue weighted by Gasteiger charge is -2.17. The second-order valence-electron chi connectivity index (χ2n) is 4.81. The molecule has 0 aliphatic rings. The Morgan fingerprint density at radius 1 is 1.00 bits per heavy atom. The molecule has 0 saturated carbocycles. The zero-order valence-electron chi connectivity index (χ0n) is 11.5. The first-order valence-electron chi connectivity index (χ1n) is 6.37. The smallest absolute Gasteiger partial charge is 0.419 e. The first kappa shape index (κ1) is 15.4. The van der Waals surface area contributed by atoms with Crippen molar-refractivity contribution in [3.8, 4) is 5.75 Å². The van der Waals surface area contributed by atoms with Gasteiger partial charge in [0.2, 0.25) is 0 Å². The number of aryl methyl sites for hydroxylation is 1. The van der Waals surface area contributed by atoms with Gasteiger partial charge in [-0.05, 0) is 43.7 Å². The molecule has 2 rings (SSSR count). The van der Waals surface area contributed by atoms with E-state index in [4.69, 9.17) is 4.74 Å². The molecule has 0 heterocycles. The fourth-order valence-electron chi connectivity index (χ4n) is 1.90. The van der Waals surface area contributed by atoms with Crippen LogP contribution in [0.5, 0.6) is 5.75 Å². The predicted molar refractivity (Wildman–Crippen MR) is 71.6 cm³/mol. The summed E-state index contributed by atoms with van der Waals surface area (Å²) in [4.78, 5) is 0. The molecule has 21 heavy (non-hydrogen) atoms. The van der Waals surface area contributed by atoms with Gasteiger partial charge in [-0.25, -0.2) is 4.39 Å². The van der Waals surface area contributed by atoms with Crippen molar-refractivity contribution in [2.75, 3.05) is 0 Å². The highest BCUT2D eigenvalue weighted by atomic mass is 19.4. The zero-order chi connectivity index (χ0) is 15.6. The van der Waals surface area contributed by atoms with Crippen LogP contribution < -0.4 is 4.74 Å². The third kappa shape index (κ3) is 3.74. The molecule has 2 aromatic rings. The molecule has 1 atom stereocenters. The summed E-state index contributed by atoms with van der Waals surface area (Å²) >= 11 is 0. The zero-order valence-corrected chi connectivity index (χ0v) is 11.5. The van der Waals surface area contributed by atoms with E-state index in [9.17, 15) is 17.6 Å². The Bertz CT molecular complexity index is 617. The Hall–Kier alpha value is -2.04. The fraction of sp³-hybridized carbons (Fsp3) is 0.250. The third-order valence-corrected chi connectivity index (χ3v) is 3.10. The van der Waals surface area contributed by atoms with E-state index in [2.05, 4.69) is 0 Å². The molecule has 2 aromatic carbocycles.